The Kier molecular flexibility index (Phi) is 5.18. The molecule has 0 unspecified atom stereocenters. The molecular weight excluding hydrogens is 404 g/mol. The first-order valence-electron chi connectivity index (χ1n) is 9.02. The fourth-order valence-electron chi connectivity index (χ4n) is 3.20. The highest BCUT2D eigenvalue weighted by Crippen LogP contribution is 2.41. The number of aromatic nitrogens is 1. The SMILES string of the molecule is Cc1nc2sc(C(=O)c3ccccc3)c(NC(=O)c3ccccc3)c2c(C)c1Cl. The van der Waals surface area contributed by atoms with Gasteiger partial charge in [-0.1, -0.05) is 60.1 Å². The van der Waals surface area contributed by atoms with Gasteiger partial charge in [0.25, 0.3) is 5.91 Å². The second-order valence-electron chi connectivity index (χ2n) is 6.64. The number of carbonyl (C=O) groups is 2. The molecule has 0 saturated heterocycles. The van der Waals surface area contributed by atoms with Gasteiger partial charge in [-0.3, -0.25) is 9.59 Å². The lowest BCUT2D eigenvalue weighted by atomic mass is 10.1. The molecule has 2 heterocycles. The molecule has 0 spiro atoms. The molecule has 0 aliphatic rings. The van der Waals surface area contributed by atoms with E-state index >= 15 is 0 Å². The minimum atomic E-state index is -0.288. The van der Waals surface area contributed by atoms with Crippen molar-refractivity contribution in [3.8, 4) is 0 Å². The smallest absolute Gasteiger partial charge is 0.255 e. The minimum Gasteiger partial charge on any atom is -0.320 e. The van der Waals surface area contributed by atoms with Crippen LogP contribution in [0.15, 0.2) is 60.7 Å². The third kappa shape index (κ3) is 3.55. The highest BCUT2D eigenvalue weighted by molar-refractivity contribution is 7.21. The van der Waals surface area contributed by atoms with Crippen molar-refractivity contribution < 1.29 is 9.59 Å². The molecule has 2 aromatic carbocycles. The summed E-state index contributed by atoms with van der Waals surface area (Å²) in [6.07, 6.45) is 0. The molecule has 0 radical (unpaired) electrons. The topological polar surface area (TPSA) is 59.1 Å². The number of carbonyl (C=O) groups excluding carboxylic acids is 2. The lowest BCUT2D eigenvalue weighted by Gasteiger charge is -2.10. The quantitative estimate of drug-likeness (QED) is 0.409. The van der Waals surface area contributed by atoms with Gasteiger partial charge in [0.15, 0.2) is 0 Å². The number of benzene rings is 2. The zero-order valence-electron chi connectivity index (χ0n) is 15.8. The molecule has 0 saturated carbocycles. The van der Waals surface area contributed by atoms with Crippen LogP contribution in [0.2, 0.25) is 5.02 Å². The second-order valence-corrected chi connectivity index (χ2v) is 8.01. The first-order valence-corrected chi connectivity index (χ1v) is 10.2. The van der Waals surface area contributed by atoms with Crippen molar-refractivity contribution in [2.45, 2.75) is 13.8 Å². The molecule has 4 aromatic rings. The predicted molar refractivity (Wildman–Crippen MR) is 118 cm³/mol. The van der Waals surface area contributed by atoms with Crippen molar-refractivity contribution >= 4 is 50.5 Å². The molecule has 0 fully saturated rings. The van der Waals surface area contributed by atoms with Gasteiger partial charge in [-0.15, -0.1) is 11.3 Å². The van der Waals surface area contributed by atoms with E-state index in [-0.39, 0.29) is 11.7 Å². The van der Waals surface area contributed by atoms with Crippen LogP contribution in [0.4, 0.5) is 5.69 Å². The van der Waals surface area contributed by atoms with Gasteiger partial charge in [0, 0.05) is 16.5 Å². The average molecular weight is 421 g/mol. The van der Waals surface area contributed by atoms with Gasteiger partial charge in [-0.2, -0.15) is 0 Å². The van der Waals surface area contributed by atoms with Crippen LogP contribution in [0.5, 0.6) is 0 Å². The number of ketones is 1. The first-order chi connectivity index (χ1) is 14.0. The lowest BCUT2D eigenvalue weighted by Crippen LogP contribution is -2.14. The Morgan fingerprint density at radius 3 is 2.14 bits per heavy atom. The number of aryl methyl sites for hydroxylation is 2. The zero-order valence-corrected chi connectivity index (χ0v) is 17.4. The summed E-state index contributed by atoms with van der Waals surface area (Å²) in [5.74, 6) is -0.450. The van der Waals surface area contributed by atoms with Gasteiger partial charge in [0.05, 0.1) is 16.4 Å². The molecule has 0 bridgehead atoms. The van der Waals surface area contributed by atoms with Crippen LogP contribution in [-0.4, -0.2) is 16.7 Å². The van der Waals surface area contributed by atoms with Crippen molar-refractivity contribution in [2.75, 3.05) is 5.32 Å². The molecular formula is C23H17ClN2O2S. The Morgan fingerprint density at radius 1 is 0.931 bits per heavy atom. The van der Waals surface area contributed by atoms with E-state index in [0.29, 0.717) is 42.6 Å². The number of rotatable bonds is 4. The standard InChI is InChI=1S/C23H17ClN2O2S/c1-13-17-19(26-22(28)16-11-7-4-8-12-16)21(20(27)15-9-5-3-6-10-15)29-23(17)25-14(2)18(13)24/h3-12H,1-2H3,(H,26,28). The van der Waals surface area contributed by atoms with E-state index in [1.54, 1.807) is 36.4 Å². The number of hydrogen-bond donors (Lipinski definition) is 1. The summed E-state index contributed by atoms with van der Waals surface area (Å²) in [6, 6.07) is 17.9. The van der Waals surface area contributed by atoms with Crippen LogP contribution < -0.4 is 5.32 Å². The Balaban J connectivity index is 1.91. The van der Waals surface area contributed by atoms with Gasteiger partial charge in [-0.05, 0) is 31.5 Å². The van der Waals surface area contributed by atoms with Crippen molar-refractivity contribution in [1.29, 1.82) is 0 Å². The van der Waals surface area contributed by atoms with Crippen LogP contribution >= 0.6 is 22.9 Å². The molecule has 0 aliphatic heterocycles. The fourth-order valence-corrected chi connectivity index (χ4v) is 4.54. The zero-order chi connectivity index (χ0) is 20.5. The number of amides is 1. The molecule has 144 valence electrons. The maximum Gasteiger partial charge on any atom is 0.255 e. The molecule has 2 aromatic heterocycles. The molecule has 4 rings (SSSR count). The van der Waals surface area contributed by atoms with Crippen LogP contribution in [0.25, 0.3) is 10.2 Å². The Hall–Kier alpha value is -3.02. The van der Waals surface area contributed by atoms with E-state index in [1.165, 1.54) is 11.3 Å². The normalized spacial score (nSPS) is 10.9. The number of halogens is 1. The van der Waals surface area contributed by atoms with Crippen molar-refractivity contribution in [3.63, 3.8) is 0 Å². The maximum absolute atomic E-state index is 13.2. The monoisotopic (exact) mass is 420 g/mol. The second kappa shape index (κ2) is 7.78. The maximum atomic E-state index is 13.2. The van der Waals surface area contributed by atoms with Gasteiger partial charge < -0.3 is 5.32 Å². The van der Waals surface area contributed by atoms with E-state index in [0.717, 1.165) is 5.56 Å². The largest absolute Gasteiger partial charge is 0.320 e. The van der Waals surface area contributed by atoms with Crippen LogP contribution in [-0.2, 0) is 0 Å². The highest BCUT2D eigenvalue weighted by atomic mass is 35.5. The van der Waals surface area contributed by atoms with E-state index in [2.05, 4.69) is 10.3 Å². The number of pyridine rings is 1. The summed E-state index contributed by atoms with van der Waals surface area (Å²) in [4.78, 5) is 31.8. The number of hydrogen-bond acceptors (Lipinski definition) is 4. The number of nitrogens with one attached hydrogen (secondary N) is 1. The van der Waals surface area contributed by atoms with Gasteiger partial charge in [0.1, 0.15) is 9.71 Å². The van der Waals surface area contributed by atoms with E-state index in [9.17, 15) is 9.59 Å². The molecule has 1 amide bonds. The highest BCUT2D eigenvalue weighted by Gasteiger charge is 2.25. The summed E-state index contributed by atoms with van der Waals surface area (Å²) in [5, 5.41) is 4.17. The van der Waals surface area contributed by atoms with Crippen molar-refractivity contribution in [3.05, 3.63) is 92.9 Å². The van der Waals surface area contributed by atoms with E-state index in [4.69, 9.17) is 11.6 Å². The van der Waals surface area contributed by atoms with Crippen LogP contribution in [0, 0.1) is 13.8 Å². The summed E-state index contributed by atoms with van der Waals surface area (Å²) in [5.41, 5.74) is 3.00. The molecule has 4 nitrogen and oxygen atoms in total. The third-order valence-electron chi connectivity index (χ3n) is 4.70. The molecule has 6 heteroatoms. The van der Waals surface area contributed by atoms with E-state index in [1.807, 2.05) is 38.1 Å². The molecule has 29 heavy (non-hydrogen) atoms. The number of anilines is 1. The lowest BCUT2D eigenvalue weighted by molar-refractivity contribution is 0.102. The number of thiophene rings is 1. The summed E-state index contributed by atoms with van der Waals surface area (Å²) >= 11 is 7.70. The Bertz CT molecular complexity index is 1230. The predicted octanol–water partition coefficient (Wildman–Crippen LogP) is 6.05. The van der Waals surface area contributed by atoms with Crippen molar-refractivity contribution in [1.82, 2.24) is 4.98 Å². The van der Waals surface area contributed by atoms with Gasteiger partial charge in [0.2, 0.25) is 5.78 Å². The van der Waals surface area contributed by atoms with Gasteiger partial charge in [-0.25, -0.2) is 4.98 Å². The molecule has 0 aliphatic carbocycles. The van der Waals surface area contributed by atoms with Gasteiger partial charge >= 0.3 is 0 Å². The number of nitrogens with zero attached hydrogens (tertiary/aromatic N) is 1. The Morgan fingerprint density at radius 2 is 1.52 bits per heavy atom. The molecule has 0 atom stereocenters. The molecule has 1 N–H and O–H groups in total. The number of fused-ring (bicyclic) bond motifs is 1. The minimum absolute atomic E-state index is 0.162. The fraction of sp³-hybridized carbons (Fsp3) is 0.0870. The summed E-state index contributed by atoms with van der Waals surface area (Å²) < 4.78 is 0. The summed E-state index contributed by atoms with van der Waals surface area (Å²) in [6.45, 7) is 3.70. The van der Waals surface area contributed by atoms with Crippen molar-refractivity contribution in [2.24, 2.45) is 0 Å². The summed E-state index contributed by atoms with van der Waals surface area (Å²) in [7, 11) is 0. The first kappa shape index (κ1) is 19.3. The van der Waals surface area contributed by atoms with Crippen LogP contribution in [0.1, 0.15) is 36.9 Å². The average Bonchev–Trinajstić information content (AvgIpc) is 3.10. The Labute approximate surface area is 177 Å². The third-order valence-corrected chi connectivity index (χ3v) is 6.34. The van der Waals surface area contributed by atoms with E-state index < -0.39 is 0 Å². The van der Waals surface area contributed by atoms with Crippen LogP contribution in [0.3, 0.4) is 0 Å².